The molecule has 0 fully saturated rings. The predicted octanol–water partition coefficient (Wildman–Crippen LogP) is 2.93. The molecular weight excluding hydrogens is 354 g/mol. The smallest absolute Gasteiger partial charge is 0.335 e. The van der Waals surface area contributed by atoms with E-state index in [1.54, 1.807) is 31.2 Å². The van der Waals surface area contributed by atoms with Crippen LogP contribution in [0.15, 0.2) is 54.6 Å². The molecule has 0 aromatic heterocycles. The molecule has 0 aliphatic carbocycles. The minimum absolute atomic E-state index is 0.191. The molecule has 26 heavy (non-hydrogen) atoms. The predicted molar refractivity (Wildman–Crippen MR) is 101 cm³/mol. The molecule has 6 nitrogen and oxygen atoms in total. The third-order valence-corrected chi connectivity index (χ3v) is 5.36. The fourth-order valence-electron chi connectivity index (χ4n) is 2.15. The van der Waals surface area contributed by atoms with Crippen LogP contribution in [0, 0.1) is 0 Å². The highest BCUT2D eigenvalue weighted by Gasteiger charge is 2.19. The number of amides is 1. The first-order valence-corrected chi connectivity index (χ1v) is 9.55. The Balaban J connectivity index is 1.72. The molecule has 0 heterocycles. The summed E-state index contributed by atoms with van der Waals surface area (Å²) >= 11 is 0. The number of aromatic carboxylic acids is 1. The monoisotopic (exact) mass is 375 g/mol. The lowest BCUT2D eigenvalue weighted by Gasteiger charge is -2.12. The first kappa shape index (κ1) is 19.7. The summed E-state index contributed by atoms with van der Waals surface area (Å²) in [6.45, 7) is 1.98. The molecule has 2 N–H and O–H groups in total. The van der Waals surface area contributed by atoms with Gasteiger partial charge in [0.15, 0.2) is 0 Å². The Bertz CT molecular complexity index is 761. The van der Waals surface area contributed by atoms with E-state index in [0.29, 0.717) is 30.2 Å². The number of carboxylic acids is 1. The second kappa shape index (κ2) is 9.72. The molecular formula is C19H21NO5S. The van der Waals surface area contributed by atoms with E-state index in [2.05, 4.69) is 5.32 Å². The molecule has 1 amide bonds. The highest BCUT2D eigenvalue weighted by molar-refractivity contribution is 7.86. The molecule has 2 aromatic rings. The summed E-state index contributed by atoms with van der Waals surface area (Å²) in [6.07, 6.45) is 0.524. The Morgan fingerprint density at radius 1 is 1.12 bits per heavy atom. The zero-order chi connectivity index (χ0) is 18.9. The van der Waals surface area contributed by atoms with Crippen molar-refractivity contribution >= 4 is 28.4 Å². The van der Waals surface area contributed by atoms with E-state index in [1.807, 2.05) is 18.2 Å². The fourth-order valence-corrected chi connectivity index (χ4v) is 3.20. The number of carboxylic acid groups (broad SMARTS) is 1. The molecule has 0 radical (unpaired) electrons. The lowest BCUT2D eigenvalue weighted by molar-refractivity contribution is -0.115. The van der Waals surface area contributed by atoms with Gasteiger partial charge in [-0.2, -0.15) is 0 Å². The van der Waals surface area contributed by atoms with Crippen LogP contribution in [0.3, 0.4) is 0 Å². The third-order valence-electron chi connectivity index (χ3n) is 3.66. The van der Waals surface area contributed by atoms with Crippen molar-refractivity contribution in [3.63, 3.8) is 0 Å². The number of anilines is 1. The number of carbonyl (C=O) groups is 2. The van der Waals surface area contributed by atoms with Gasteiger partial charge in [0, 0.05) is 22.2 Å². The number of hydrogen-bond donors (Lipinski definition) is 2. The average molecular weight is 375 g/mol. The minimum Gasteiger partial charge on any atom is -0.494 e. The van der Waals surface area contributed by atoms with Crippen molar-refractivity contribution in [1.29, 1.82) is 0 Å². The van der Waals surface area contributed by atoms with Gasteiger partial charge in [-0.05, 0) is 49.7 Å². The van der Waals surface area contributed by atoms with Gasteiger partial charge in [0.2, 0.25) is 5.91 Å². The van der Waals surface area contributed by atoms with Crippen molar-refractivity contribution in [2.24, 2.45) is 0 Å². The molecule has 0 spiro atoms. The summed E-state index contributed by atoms with van der Waals surface area (Å²) in [5.74, 6) is -0.374. The number of benzene rings is 2. The van der Waals surface area contributed by atoms with Crippen LogP contribution in [-0.2, 0) is 15.6 Å². The number of nitrogens with one attached hydrogen (secondary N) is 1. The maximum Gasteiger partial charge on any atom is 0.335 e. The Morgan fingerprint density at radius 2 is 1.77 bits per heavy atom. The zero-order valence-corrected chi connectivity index (χ0v) is 15.2. The maximum absolute atomic E-state index is 12.2. The molecule has 7 heteroatoms. The quantitative estimate of drug-likeness (QED) is 0.658. The van der Waals surface area contributed by atoms with Crippen LogP contribution in [0.25, 0.3) is 0 Å². The third kappa shape index (κ3) is 6.00. The summed E-state index contributed by atoms with van der Waals surface area (Å²) in [5.41, 5.74) is 0.867. The van der Waals surface area contributed by atoms with E-state index in [0.717, 1.165) is 0 Å². The Morgan fingerprint density at radius 3 is 2.38 bits per heavy atom. The fraction of sp³-hybridized carbons (Fsp3) is 0.263. The molecule has 138 valence electrons. The van der Waals surface area contributed by atoms with Crippen LogP contribution < -0.4 is 10.1 Å². The van der Waals surface area contributed by atoms with Crippen LogP contribution in [0.2, 0.25) is 0 Å². The first-order valence-electron chi connectivity index (χ1n) is 8.16. The van der Waals surface area contributed by atoms with Crippen LogP contribution in [-0.4, -0.2) is 38.8 Å². The molecule has 0 aliphatic rings. The Labute approximate surface area is 154 Å². The summed E-state index contributed by atoms with van der Waals surface area (Å²) in [5, 5.41) is 11.0. The van der Waals surface area contributed by atoms with E-state index < -0.39 is 22.0 Å². The Kier molecular flexibility index (Phi) is 7.35. The largest absolute Gasteiger partial charge is 0.494 e. The van der Waals surface area contributed by atoms with Crippen LogP contribution >= 0.6 is 0 Å². The Hall–Kier alpha value is -2.67. The number of hydrogen-bond acceptors (Lipinski definition) is 4. The van der Waals surface area contributed by atoms with Gasteiger partial charge in [0.05, 0.1) is 12.2 Å². The summed E-state index contributed by atoms with van der Waals surface area (Å²) in [7, 11) is -1.31. The van der Waals surface area contributed by atoms with Crippen molar-refractivity contribution in [2.75, 3.05) is 17.7 Å². The first-order chi connectivity index (χ1) is 12.5. The van der Waals surface area contributed by atoms with Gasteiger partial charge < -0.3 is 15.2 Å². The number of rotatable bonds is 9. The zero-order valence-electron chi connectivity index (χ0n) is 14.4. The van der Waals surface area contributed by atoms with Crippen molar-refractivity contribution in [1.82, 2.24) is 0 Å². The minimum atomic E-state index is -1.31. The van der Waals surface area contributed by atoms with Gasteiger partial charge in [-0.3, -0.25) is 9.00 Å². The average Bonchev–Trinajstić information content (AvgIpc) is 2.65. The summed E-state index contributed by atoms with van der Waals surface area (Å²) < 4.78 is 17.7. The maximum atomic E-state index is 12.2. The van der Waals surface area contributed by atoms with Gasteiger partial charge >= 0.3 is 5.97 Å². The van der Waals surface area contributed by atoms with E-state index in [-0.39, 0.29) is 11.5 Å². The van der Waals surface area contributed by atoms with E-state index >= 15 is 0 Å². The molecule has 2 unspecified atom stereocenters. The van der Waals surface area contributed by atoms with Gasteiger partial charge in [-0.25, -0.2) is 4.79 Å². The second-order valence-corrected chi connectivity index (χ2v) is 7.49. The van der Waals surface area contributed by atoms with Crippen LogP contribution in [0.4, 0.5) is 5.69 Å². The molecule has 2 atom stereocenters. The van der Waals surface area contributed by atoms with Crippen molar-refractivity contribution < 1.29 is 23.6 Å². The summed E-state index contributed by atoms with van der Waals surface area (Å²) in [6, 6.07) is 15.1. The highest BCUT2D eigenvalue weighted by Crippen LogP contribution is 2.13. The van der Waals surface area contributed by atoms with E-state index in [9.17, 15) is 13.8 Å². The lowest BCUT2D eigenvalue weighted by Crippen LogP contribution is -2.30. The van der Waals surface area contributed by atoms with E-state index in [1.165, 1.54) is 12.1 Å². The number of carbonyl (C=O) groups excluding carboxylic acids is 1. The van der Waals surface area contributed by atoms with Gasteiger partial charge in [0.25, 0.3) is 0 Å². The standard InChI is InChI=1S/C19H21NO5S/c1-14(18(21)20-16-6-3-2-4-7-16)26(24)13-5-12-25-17-10-8-15(9-11-17)19(22)23/h2-4,6-11,14H,5,12-13H2,1H3,(H,20,21)(H,22,23). The molecule has 0 aliphatic heterocycles. The highest BCUT2D eigenvalue weighted by atomic mass is 32.2. The lowest BCUT2D eigenvalue weighted by atomic mass is 10.2. The molecule has 0 saturated carbocycles. The SMILES string of the molecule is CC(C(=O)Nc1ccccc1)S(=O)CCCOc1ccc(C(=O)O)cc1. The van der Waals surface area contributed by atoms with Crippen LogP contribution in [0.5, 0.6) is 5.75 Å². The van der Waals surface area contributed by atoms with Crippen molar-refractivity contribution in [2.45, 2.75) is 18.6 Å². The molecule has 2 rings (SSSR count). The second-order valence-electron chi connectivity index (χ2n) is 5.61. The van der Waals surface area contributed by atoms with Crippen LogP contribution in [0.1, 0.15) is 23.7 Å². The van der Waals surface area contributed by atoms with Gasteiger partial charge in [0.1, 0.15) is 11.0 Å². The van der Waals surface area contributed by atoms with E-state index in [4.69, 9.17) is 9.84 Å². The molecule has 2 aromatic carbocycles. The normalized spacial score (nSPS) is 12.8. The number of ether oxygens (including phenoxy) is 1. The van der Waals surface area contributed by atoms with Gasteiger partial charge in [-0.1, -0.05) is 18.2 Å². The number of para-hydroxylation sites is 1. The molecule has 0 saturated heterocycles. The van der Waals surface area contributed by atoms with Gasteiger partial charge in [-0.15, -0.1) is 0 Å². The topological polar surface area (TPSA) is 92.7 Å². The molecule has 0 bridgehead atoms. The van der Waals surface area contributed by atoms with Crippen molar-refractivity contribution in [3.05, 3.63) is 60.2 Å². The summed E-state index contributed by atoms with van der Waals surface area (Å²) in [4.78, 5) is 22.9. The van der Waals surface area contributed by atoms with Crippen molar-refractivity contribution in [3.8, 4) is 5.75 Å².